The van der Waals surface area contributed by atoms with Gasteiger partial charge in [-0.05, 0) is 38.1 Å². The maximum absolute atomic E-state index is 3.40. The lowest BCUT2D eigenvalue weighted by molar-refractivity contribution is 0.406. The molecule has 0 amide bonds. The Balaban J connectivity index is 2.19. The van der Waals surface area contributed by atoms with Gasteiger partial charge in [-0.15, -0.1) is 0 Å². The van der Waals surface area contributed by atoms with E-state index < -0.39 is 0 Å². The Kier molecular flexibility index (Phi) is 2.72. The van der Waals surface area contributed by atoms with Crippen LogP contribution in [0.1, 0.15) is 33.1 Å². The lowest BCUT2D eigenvalue weighted by Crippen LogP contribution is -2.28. The molecule has 10 heavy (non-hydrogen) atoms. The Labute approximate surface area is 64.2 Å². The molecular formula is C9H19N. The van der Waals surface area contributed by atoms with Crippen LogP contribution in [0.5, 0.6) is 0 Å². The first-order chi connectivity index (χ1) is 4.74. The molecule has 0 aromatic carbocycles. The molecule has 1 rings (SSSR count). The molecule has 0 aromatic rings. The molecule has 0 bridgehead atoms. The summed E-state index contributed by atoms with van der Waals surface area (Å²) in [6.45, 7) is 4.60. The van der Waals surface area contributed by atoms with Gasteiger partial charge in [-0.2, -0.15) is 0 Å². The highest BCUT2D eigenvalue weighted by molar-refractivity contribution is 4.85. The average Bonchev–Trinajstić information content (AvgIpc) is 2.63. The fraction of sp³-hybridized carbons (Fsp3) is 1.00. The highest BCUT2D eigenvalue weighted by Gasteiger charge is 2.29. The summed E-state index contributed by atoms with van der Waals surface area (Å²) in [6.07, 6.45) is 4.26. The lowest BCUT2D eigenvalue weighted by atomic mass is 10.0. The molecule has 1 fully saturated rings. The monoisotopic (exact) mass is 141 g/mol. The zero-order chi connectivity index (χ0) is 7.56. The first-order valence-electron chi connectivity index (χ1n) is 4.41. The van der Waals surface area contributed by atoms with E-state index in [4.69, 9.17) is 0 Å². The zero-order valence-corrected chi connectivity index (χ0v) is 7.35. The first-order valence-corrected chi connectivity index (χ1v) is 4.41. The van der Waals surface area contributed by atoms with Crippen LogP contribution in [-0.2, 0) is 0 Å². The van der Waals surface area contributed by atoms with Crippen molar-refractivity contribution in [3.05, 3.63) is 0 Å². The van der Waals surface area contributed by atoms with Gasteiger partial charge in [0, 0.05) is 6.04 Å². The molecule has 1 aliphatic rings. The van der Waals surface area contributed by atoms with Gasteiger partial charge < -0.3 is 5.32 Å². The van der Waals surface area contributed by atoms with E-state index in [-0.39, 0.29) is 0 Å². The molecule has 1 saturated carbocycles. The Morgan fingerprint density at radius 3 is 2.30 bits per heavy atom. The summed E-state index contributed by atoms with van der Waals surface area (Å²) in [7, 11) is 2.09. The Bertz CT molecular complexity index is 94.9. The van der Waals surface area contributed by atoms with Crippen molar-refractivity contribution in [2.75, 3.05) is 7.05 Å². The van der Waals surface area contributed by atoms with Crippen LogP contribution in [0.2, 0.25) is 0 Å². The zero-order valence-electron chi connectivity index (χ0n) is 7.35. The van der Waals surface area contributed by atoms with Crippen molar-refractivity contribution in [2.45, 2.75) is 39.2 Å². The molecule has 0 saturated heterocycles. The summed E-state index contributed by atoms with van der Waals surface area (Å²) in [6, 6.07) is 0.806. The Morgan fingerprint density at radius 2 is 2.00 bits per heavy atom. The van der Waals surface area contributed by atoms with Gasteiger partial charge in [0.1, 0.15) is 0 Å². The minimum atomic E-state index is 0.806. The summed E-state index contributed by atoms with van der Waals surface area (Å²) in [4.78, 5) is 0. The molecule has 1 unspecified atom stereocenters. The summed E-state index contributed by atoms with van der Waals surface area (Å²) >= 11 is 0. The van der Waals surface area contributed by atoms with Crippen molar-refractivity contribution in [2.24, 2.45) is 11.8 Å². The molecular weight excluding hydrogens is 122 g/mol. The molecule has 0 aliphatic heterocycles. The summed E-state index contributed by atoms with van der Waals surface area (Å²) in [5.74, 6) is 1.85. The molecule has 60 valence electrons. The van der Waals surface area contributed by atoms with Crippen LogP contribution in [0.3, 0.4) is 0 Å². The van der Waals surface area contributed by atoms with Crippen LogP contribution in [0.4, 0.5) is 0 Å². The van der Waals surface area contributed by atoms with E-state index in [1.165, 1.54) is 19.3 Å². The molecule has 1 aliphatic carbocycles. The van der Waals surface area contributed by atoms with E-state index in [2.05, 4.69) is 26.2 Å². The molecule has 0 radical (unpaired) electrons. The third-order valence-electron chi connectivity index (χ3n) is 2.29. The smallest absolute Gasteiger partial charge is 0.00947 e. The van der Waals surface area contributed by atoms with E-state index in [1.807, 2.05) is 0 Å². The summed E-state index contributed by atoms with van der Waals surface area (Å²) < 4.78 is 0. The van der Waals surface area contributed by atoms with Crippen LogP contribution in [0.25, 0.3) is 0 Å². The van der Waals surface area contributed by atoms with E-state index in [0.717, 1.165) is 17.9 Å². The van der Waals surface area contributed by atoms with Gasteiger partial charge in [-0.3, -0.25) is 0 Å². The molecule has 1 atom stereocenters. The minimum absolute atomic E-state index is 0.806. The van der Waals surface area contributed by atoms with Crippen molar-refractivity contribution >= 4 is 0 Å². The molecule has 1 heteroatoms. The van der Waals surface area contributed by atoms with Gasteiger partial charge in [-0.1, -0.05) is 13.8 Å². The van der Waals surface area contributed by atoms with Gasteiger partial charge >= 0.3 is 0 Å². The first kappa shape index (κ1) is 8.06. The number of hydrogen-bond acceptors (Lipinski definition) is 1. The van der Waals surface area contributed by atoms with E-state index in [1.54, 1.807) is 0 Å². The van der Waals surface area contributed by atoms with Crippen molar-refractivity contribution < 1.29 is 0 Å². The van der Waals surface area contributed by atoms with E-state index in [0.29, 0.717) is 0 Å². The summed E-state index contributed by atoms with van der Waals surface area (Å²) in [5, 5.41) is 3.40. The molecule has 0 heterocycles. The van der Waals surface area contributed by atoms with E-state index in [9.17, 15) is 0 Å². The van der Waals surface area contributed by atoms with E-state index >= 15 is 0 Å². The maximum Gasteiger partial charge on any atom is 0.00947 e. The van der Waals surface area contributed by atoms with Crippen molar-refractivity contribution in [1.29, 1.82) is 0 Å². The van der Waals surface area contributed by atoms with Gasteiger partial charge in [0.2, 0.25) is 0 Å². The topological polar surface area (TPSA) is 12.0 Å². The van der Waals surface area contributed by atoms with Gasteiger partial charge in [0.15, 0.2) is 0 Å². The number of rotatable bonds is 4. The highest BCUT2D eigenvalue weighted by Crippen LogP contribution is 2.34. The second-order valence-electron chi connectivity index (χ2n) is 3.86. The molecule has 1 nitrogen and oxygen atoms in total. The van der Waals surface area contributed by atoms with Crippen molar-refractivity contribution in [3.63, 3.8) is 0 Å². The van der Waals surface area contributed by atoms with Crippen LogP contribution < -0.4 is 5.32 Å². The standard InChI is InChI=1S/C9H19N/c1-7(2)6-9(10-3)8-4-5-8/h7-10H,4-6H2,1-3H3. The second-order valence-corrected chi connectivity index (χ2v) is 3.86. The third kappa shape index (κ3) is 2.30. The van der Waals surface area contributed by atoms with Crippen molar-refractivity contribution in [1.82, 2.24) is 5.32 Å². The van der Waals surface area contributed by atoms with Gasteiger partial charge in [-0.25, -0.2) is 0 Å². The fourth-order valence-electron chi connectivity index (χ4n) is 1.55. The summed E-state index contributed by atoms with van der Waals surface area (Å²) in [5.41, 5.74) is 0. The number of hydrogen-bond donors (Lipinski definition) is 1. The Morgan fingerprint density at radius 1 is 1.40 bits per heavy atom. The normalized spacial score (nSPS) is 21.6. The predicted octanol–water partition coefficient (Wildman–Crippen LogP) is 2.03. The van der Waals surface area contributed by atoms with Crippen molar-refractivity contribution in [3.8, 4) is 0 Å². The minimum Gasteiger partial charge on any atom is -0.317 e. The molecule has 0 spiro atoms. The lowest BCUT2D eigenvalue weighted by Gasteiger charge is -2.16. The average molecular weight is 141 g/mol. The van der Waals surface area contributed by atoms with Crippen LogP contribution in [0, 0.1) is 11.8 Å². The molecule has 1 N–H and O–H groups in total. The Hall–Kier alpha value is -0.0400. The van der Waals surface area contributed by atoms with Gasteiger partial charge in [0.05, 0.1) is 0 Å². The number of nitrogens with one attached hydrogen (secondary N) is 1. The predicted molar refractivity (Wildman–Crippen MR) is 45.0 cm³/mol. The van der Waals surface area contributed by atoms with Crippen LogP contribution in [0.15, 0.2) is 0 Å². The quantitative estimate of drug-likeness (QED) is 0.631. The van der Waals surface area contributed by atoms with Crippen LogP contribution >= 0.6 is 0 Å². The molecule has 0 aromatic heterocycles. The maximum atomic E-state index is 3.40. The van der Waals surface area contributed by atoms with Gasteiger partial charge in [0.25, 0.3) is 0 Å². The largest absolute Gasteiger partial charge is 0.317 e. The third-order valence-corrected chi connectivity index (χ3v) is 2.29. The SMILES string of the molecule is CNC(CC(C)C)C1CC1. The highest BCUT2D eigenvalue weighted by atomic mass is 14.9. The second kappa shape index (κ2) is 3.38. The fourth-order valence-corrected chi connectivity index (χ4v) is 1.55. The van der Waals surface area contributed by atoms with Crippen LogP contribution in [-0.4, -0.2) is 13.1 Å².